The molecular formula is C12H20ClNO3Si. The molecule has 0 aliphatic rings. The molecule has 0 amide bonds. The third-order valence-electron chi connectivity index (χ3n) is 2.77. The maximum atomic E-state index is 5.82. The summed E-state index contributed by atoms with van der Waals surface area (Å²) in [7, 11) is 2.47. The summed E-state index contributed by atoms with van der Waals surface area (Å²) in [4.78, 5) is 0. The molecule has 1 N–H and O–H groups in total. The van der Waals surface area contributed by atoms with E-state index in [0.717, 1.165) is 29.7 Å². The Morgan fingerprint density at radius 3 is 2.11 bits per heavy atom. The highest BCUT2D eigenvalue weighted by Crippen LogP contribution is 2.16. The highest BCUT2D eigenvalue weighted by Gasteiger charge is 2.36. The van der Waals surface area contributed by atoms with E-state index in [4.69, 9.17) is 24.9 Å². The molecule has 1 rings (SSSR count). The lowest BCUT2D eigenvalue weighted by Crippen LogP contribution is -2.42. The van der Waals surface area contributed by atoms with E-state index in [9.17, 15) is 0 Å². The summed E-state index contributed by atoms with van der Waals surface area (Å²) in [6, 6.07) is 8.42. The third-order valence-corrected chi connectivity index (χ3v) is 5.85. The van der Waals surface area contributed by atoms with Crippen LogP contribution in [0.3, 0.4) is 0 Å². The van der Waals surface area contributed by atoms with Gasteiger partial charge in [0.05, 0.1) is 0 Å². The smallest absolute Gasteiger partial charge is 0.385 e. The van der Waals surface area contributed by atoms with Gasteiger partial charge in [0.1, 0.15) is 0 Å². The molecule has 18 heavy (non-hydrogen) atoms. The van der Waals surface area contributed by atoms with Gasteiger partial charge in [0.15, 0.2) is 0 Å². The van der Waals surface area contributed by atoms with Crippen molar-refractivity contribution in [1.82, 2.24) is 0 Å². The summed E-state index contributed by atoms with van der Waals surface area (Å²) in [6.45, 7) is 0.840. The highest BCUT2D eigenvalue weighted by molar-refractivity contribution is 6.60. The second-order valence-electron chi connectivity index (χ2n) is 3.83. The molecule has 0 spiro atoms. The fourth-order valence-corrected chi connectivity index (χ4v) is 3.51. The van der Waals surface area contributed by atoms with Crippen LogP contribution in [0.4, 0.5) is 5.69 Å². The number of hydrogen-bond donors (Lipinski definition) is 1. The van der Waals surface area contributed by atoms with Crippen LogP contribution in [0.1, 0.15) is 6.42 Å². The minimum Gasteiger partial charge on any atom is -0.385 e. The quantitative estimate of drug-likeness (QED) is 0.590. The van der Waals surface area contributed by atoms with E-state index in [1.54, 1.807) is 21.3 Å². The van der Waals surface area contributed by atoms with Gasteiger partial charge in [-0.15, -0.1) is 0 Å². The normalized spacial score (nSPS) is 11.6. The minimum absolute atomic E-state index is 0.741. The molecule has 1 aromatic rings. The Hall–Kier alpha value is -0.593. The van der Waals surface area contributed by atoms with E-state index in [1.807, 2.05) is 24.3 Å². The summed E-state index contributed by atoms with van der Waals surface area (Å²) in [5.41, 5.74) is 1.05. The second kappa shape index (κ2) is 7.76. The molecule has 4 nitrogen and oxygen atoms in total. The Bertz CT molecular complexity index is 335. The number of hydrogen-bond acceptors (Lipinski definition) is 4. The summed E-state index contributed by atoms with van der Waals surface area (Å²) in [5, 5.41) is 4.05. The SMILES string of the molecule is CO[Si](CCCNc1ccc(Cl)cc1)(OC)OC. The zero-order valence-electron chi connectivity index (χ0n) is 11.0. The van der Waals surface area contributed by atoms with Gasteiger partial charge >= 0.3 is 8.80 Å². The Kier molecular flexibility index (Phi) is 6.66. The number of nitrogens with one attached hydrogen (secondary N) is 1. The highest BCUT2D eigenvalue weighted by atomic mass is 35.5. The monoisotopic (exact) mass is 289 g/mol. The van der Waals surface area contributed by atoms with Crippen molar-refractivity contribution in [1.29, 1.82) is 0 Å². The minimum atomic E-state index is -2.43. The fraction of sp³-hybridized carbons (Fsp3) is 0.500. The fourth-order valence-electron chi connectivity index (χ4n) is 1.66. The largest absolute Gasteiger partial charge is 0.500 e. The van der Waals surface area contributed by atoms with Gasteiger partial charge in [-0.3, -0.25) is 0 Å². The maximum absolute atomic E-state index is 5.82. The molecule has 0 unspecified atom stereocenters. The Morgan fingerprint density at radius 1 is 1.06 bits per heavy atom. The summed E-state index contributed by atoms with van der Waals surface area (Å²) in [5.74, 6) is 0. The average Bonchev–Trinajstić information content (AvgIpc) is 2.42. The van der Waals surface area contributed by atoms with E-state index in [-0.39, 0.29) is 0 Å². The molecule has 0 atom stereocenters. The molecule has 102 valence electrons. The van der Waals surface area contributed by atoms with Gasteiger partial charge in [0, 0.05) is 44.6 Å². The van der Waals surface area contributed by atoms with Crippen molar-refractivity contribution in [2.24, 2.45) is 0 Å². The summed E-state index contributed by atoms with van der Waals surface area (Å²) in [6.07, 6.45) is 0.921. The first-order chi connectivity index (χ1) is 8.65. The van der Waals surface area contributed by atoms with Gasteiger partial charge in [0.2, 0.25) is 0 Å². The van der Waals surface area contributed by atoms with Gasteiger partial charge in [-0.05, 0) is 30.7 Å². The molecule has 0 aromatic heterocycles. The predicted molar refractivity (Wildman–Crippen MR) is 76.1 cm³/mol. The first-order valence-corrected chi connectivity index (χ1v) is 8.11. The van der Waals surface area contributed by atoms with Crippen molar-refractivity contribution in [2.75, 3.05) is 33.2 Å². The number of halogens is 1. The molecule has 6 heteroatoms. The average molecular weight is 290 g/mol. The molecular weight excluding hydrogens is 270 g/mol. The zero-order valence-corrected chi connectivity index (χ0v) is 12.8. The van der Waals surface area contributed by atoms with Crippen molar-refractivity contribution in [3.05, 3.63) is 29.3 Å². The molecule has 0 aliphatic heterocycles. The lowest BCUT2D eigenvalue weighted by Gasteiger charge is -2.24. The lowest BCUT2D eigenvalue weighted by atomic mass is 10.3. The van der Waals surface area contributed by atoms with Gasteiger partial charge in [-0.25, -0.2) is 0 Å². The van der Waals surface area contributed by atoms with Crippen molar-refractivity contribution in [3.8, 4) is 0 Å². The van der Waals surface area contributed by atoms with Crippen LogP contribution < -0.4 is 5.32 Å². The van der Waals surface area contributed by atoms with Crippen LogP contribution in [0.25, 0.3) is 0 Å². The van der Waals surface area contributed by atoms with Crippen LogP contribution >= 0.6 is 11.6 Å². The number of benzene rings is 1. The molecule has 0 saturated carbocycles. The van der Waals surface area contributed by atoms with E-state index in [2.05, 4.69) is 5.32 Å². The Balaban J connectivity index is 2.31. The standard InChI is InChI=1S/C12H20ClNO3Si/c1-15-18(16-2,17-3)10-4-9-14-12-7-5-11(13)6-8-12/h5-8,14H,4,9-10H2,1-3H3. The van der Waals surface area contributed by atoms with Crippen molar-refractivity contribution in [3.63, 3.8) is 0 Å². The van der Waals surface area contributed by atoms with E-state index >= 15 is 0 Å². The van der Waals surface area contributed by atoms with Crippen LogP contribution in [-0.2, 0) is 13.3 Å². The third kappa shape index (κ3) is 4.59. The van der Waals surface area contributed by atoms with Gasteiger partial charge in [0.25, 0.3) is 0 Å². The van der Waals surface area contributed by atoms with Crippen molar-refractivity contribution in [2.45, 2.75) is 12.5 Å². The Morgan fingerprint density at radius 2 is 1.61 bits per heavy atom. The van der Waals surface area contributed by atoms with Crippen LogP contribution in [0, 0.1) is 0 Å². The molecule has 0 radical (unpaired) electrons. The van der Waals surface area contributed by atoms with Crippen LogP contribution in [0.2, 0.25) is 11.1 Å². The zero-order chi connectivity index (χ0) is 13.4. The topological polar surface area (TPSA) is 39.7 Å². The lowest BCUT2D eigenvalue weighted by molar-refractivity contribution is 0.123. The number of rotatable bonds is 8. The summed E-state index contributed by atoms with van der Waals surface area (Å²) >= 11 is 5.82. The molecule has 0 saturated heterocycles. The molecule has 0 fully saturated rings. The van der Waals surface area contributed by atoms with Crippen LogP contribution in [0.15, 0.2) is 24.3 Å². The number of anilines is 1. The summed E-state index contributed by atoms with van der Waals surface area (Å²) < 4.78 is 16.1. The first-order valence-electron chi connectivity index (χ1n) is 5.80. The second-order valence-corrected chi connectivity index (χ2v) is 7.36. The van der Waals surface area contributed by atoms with Crippen molar-refractivity contribution >= 4 is 26.1 Å². The van der Waals surface area contributed by atoms with Crippen LogP contribution in [-0.4, -0.2) is 36.7 Å². The van der Waals surface area contributed by atoms with Crippen LogP contribution in [0.5, 0.6) is 0 Å². The van der Waals surface area contributed by atoms with E-state index in [1.165, 1.54) is 0 Å². The van der Waals surface area contributed by atoms with E-state index < -0.39 is 8.80 Å². The maximum Gasteiger partial charge on any atom is 0.500 e. The molecule has 1 aromatic carbocycles. The predicted octanol–water partition coefficient (Wildman–Crippen LogP) is 3.02. The molecule has 0 bridgehead atoms. The van der Waals surface area contributed by atoms with Gasteiger partial charge in [-0.1, -0.05) is 11.6 Å². The first kappa shape index (κ1) is 15.5. The van der Waals surface area contributed by atoms with E-state index in [0.29, 0.717) is 0 Å². The van der Waals surface area contributed by atoms with Gasteiger partial charge in [-0.2, -0.15) is 0 Å². The van der Waals surface area contributed by atoms with Crippen molar-refractivity contribution < 1.29 is 13.3 Å². The van der Waals surface area contributed by atoms with Gasteiger partial charge < -0.3 is 18.6 Å². The Labute approximate surface area is 115 Å². The molecule has 0 heterocycles. The molecule has 0 aliphatic carbocycles.